The second-order valence-corrected chi connectivity index (χ2v) is 31.7. The van der Waals surface area contributed by atoms with Crippen molar-refractivity contribution < 1.29 is 107 Å². The predicted octanol–water partition coefficient (Wildman–Crippen LogP) is 13.7. The number of hydrogen-bond acceptors (Lipinski definition) is 18. The number of fused-ring (bicyclic) bond motifs is 3. The fourth-order valence-corrected chi connectivity index (χ4v) is 11.9. The Kier molecular flexibility index (Phi) is 43.6. The molecule has 5 heterocycles. The Labute approximate surface area is 683 Å². The van der Waals surface area contributed by atoms with Gasteiger partial charge in [-0.15, -0.1) is 23.5 Å². The Morgan fingerprint density at radius 3 is 1.17 bits per heavy atom. The van der Waals surface area contributed by atoms with Gasteiger partial charge in [-0.2, -0.15) is 56.0 Å². The molecule has 2 fully saturated rings. The second kappa shape index (κ2) is 46.5. The molecule has 0 bridgehead atoms. The van der Waals surface area contributed by atoms with Crippen molar-refractivity contribution in [3.05, 3.63) is 186 Å². The molecule has 2 aliphatic heterocycles. The van der Waals surface area contributed by atoms with Gasteiger partial charge in [0.05, 0.1) is 70.3 Å². The standard InChI is InChI=1S/C22H19N3S.C22H20N2O2S.C16H9ClN2.C6H11NS.C4H8O.C4H8S.C2H3N.CHNS.K.Na.2H2O/c1-22(2,11-5-12-23)26-21-10-13-25-15-20(21)19-9-8-16(14-24)17-6-3-4-7-18(17)19;1-22(2,11-9-21(25)26)27-20-10-12-24-14-19(20)18-8-7-15(13-23)16-5-3-4-6-17(16)18;17-16-7-8-19-10-15(16)14-6-5-11(9-18)12-3-1-2-4-13(12)14;1-6(2,8)4-3-5-7;2*1-4(2)3-5-4;1-2-3;2-1-3;;;;/h3-4,6-10,13,15H,5,11H2,1-2H3;3-8,10,12,14H,9,11H2,1-2H3,(H,25,26);1-8,10H;8H,3-4H2,1-2H3;2*3H2,1-2H3;1H3;3H;;;2*1H2/q;;;;;;;;2*+1;;/p-2. The van der Waals surface area contributed by atoms with Gasteiger partial charge in [0.25, 0.3) is 0 Å². The quantitative estimate of drug-likeness (QED) is 0.0255. The number of nitrogens with zero attached hydrogens (tertiary/aromatic N) is 10. The molecule has 11 rings (SSSR count). The Bertz CT molecular complexity index is 4390. The van der Waals surface area contributed by atoms with Crippen molar-refractivity contribution in [3.63, 3.8) is 0 Å². The molecule has 4 N–H and O–H groups in total. The second-order valence-electron chi connectivity index (χ2n) is 24.7. The van der Waals surface area contributed by atoms with Gasteiger partial charge in [-0.3, -0.25) is 19.7 Å². The maximum atomic E-state index is 10.9. The number of aliphatic carboxylic acids is 1. The summed E-state index contributed by atoms with van der Waals surface area (Å²) in [5.41, 5.74) is 8.26. The zero-order valence-electron chi connectivity index (χ0n) is 58.9. The summed E-state index contributed by atoms with van der Waals surface area (Å²) in [6.45, 7) is 23.5. The number of nitriles is 7. The van der Waals surface area contributed by atoms with Crippen molar-refractivity contribution in [2.24, 2.45) is 0 Å². The largest absolute Gasteiger partial charge is 1.00 e. The topological polar surface area (TPSA) is 317 Å². The monoisotopic (exact) mass is 1480 g/mol. The molecular weight excluding hydrogens is 1400 g/mol. The molecule has 0 unspecified atom stereocenters. The smallest absolute Gasteiger partial charge is 0.870 e. The fraction of sp³-hybridized carbons (Fsp3) is 0.312. The number of benzene rings is 6. The summed E-state index contributed by atoms with van der Waals surface area (Å²) in [7, 11) is 0. The van der Waals surface area contributed by atoms with Crippen molar-refractivity contribution >= 4 is 110 Å². The summed E-state index contributed by atoms with van der Waals surface area (Å²) in [5.74, 6) is 0.587. The maximum absolute atomic E-state index is 10.9. The van der Waals surface area contributed by atoms with Crippen LogP contribution in [0.5, 0.6) is 0 Å². The van der Waals surface area contributed by atoms with E-state index in [-0.39, 0.29) is 118 Å². The van der Waals surface area contributed by atoms with E-state index in [2.05, 4.69) is 126 Å². The first-order chi connectivity index (χ1) is 45.6. The van der Waals surface area contributed by atoms with Crippen LogP contribution in [0.2, 0.25) is 5.02 Å². The number of pyridine rings is 3. The fourth-order valence-electron chi connectivity index (χ4n) is 8.93. The molecule has 3 aromatic heterocycles. The molecule has 23 heteroatoms. The first kappa shape index (κ1) is 93.9. The minimum absolute atomic E-state index is 0. The van der Waals surface area contributed by atoms with Crippen molar-refractivity contribution in [2.45, 2.75) is 149 Å². The van der Waals surface area contributed by atoms with Gasteiger partial charge in [-0.05, 0) is 116 Å². The number of aromatic nitrogens is 3. The number of ether oxygens (including phenoxy) is 1. The molecule has 0 atom stereocenters. The van der Waals surface area contributed by atoms with E-state index >= 15 is 0 Å². The van der Waals surface area contributed by atoms with Crippen molar-refractivity contribution in [1.82, 2.24) is 15.0 Å². The Hall–Kier alpha value is -6.12. The van der Waals surface area contributed by atoms with Crippen LogP contribution in [0.3, 0.4) is 0 Å². The number of hydrogen-bond donors (Lipinski definition) is 2. The van der Waals surface area contributed by atoms with E-state index in [0.717, 1.165) is 94.9 Å². The van der Waals surface area contributed by atoms with Crippen LogP contribution in [0.25, 0.3) is 65.7 Å². The van der Waals surface area contributed by atoms with Crippen molar-refractivity contribution in [2.75, 3.05) is 12.4 Å². The molecule has 15 nitrogen and oxygen atoms in total. The van der Waals surface area contributed by atoms with Crippen molar-refractivity contribution in [1.29, 1.82) is 36.8 Å². The molecule has 100 heavy (non-hydrogen) atoms. The number of carboxylic acids is 1. The summed E-state index contributed by atoms with van der Waals surface area (Å²) in [6.07, 6.45) is 14.2. The molecular formula is C77H81ClKN10NaO5S5. The summed E-state index contributed by atoms with van der Waals surface area (Å²) in [6, 6.07) is 53.7. The van der Waals surface area contributed by atoms with Gasteiger partial charge < -0.3 is 33.4 Å². The first-order valence-corrected chi connectivity index (χ1v) is 34.3. The molecule has 0 aliphatic carbocycles. The molecule has 0 spiro atoms. The van der Waals surface area contributed by atoms with Gasteiger partial charge in [0, 0.05) is 131 Å². The number of rotatable bonds is 14. The van der Waals surface area contributed by atoms with Gasteiger partial charge in [0.2, 0.25) is 0 Å². The number of thiol groups is 1. The minimum atomic E-state index is -0.781. The first-order valence-electron chi connectivity index (χ1n) is 30.5. The van der Waals surface area contributed by atoms with Crippen LogP contribution >= 0.6 is 59.5 Å². The molecule has 508 valence electrons. The number of epoxide rings is 1. The minimum Gasteiger partial charge on any atom is -0.870 e. The van der Waals surface area contributed by atoms with Gasteiger partial charge in [0.1, 0.15) is 0 Å². The van der Waals surface area contributed by atoms with Crippen LogP contribution in [-0.2, 0) is 22.2 Å². The van der Waals surface area contributed by atoms with Gasteiger partial charge in [-0.25, -0.2) is 5.26 Å². The third-order valence-electron chi connectivity index (χ3n) is 14.2. The van der Waals surface area contributed by atoms with Crippen LogP contribution < -0.4 is 80.9 Å². The zero-order valence-corrected chi connectivity index (χ0v) is 68.9. The number of carbonyl (C=O) groups is 1. The maximum Gasteiger partial charge on any atom is 1.00 e. The van der Waals surface area contributed by atoms with Gasteiger partial charge in [0.15, 0.2) is 0 Å². The van der Waals surface area contributed by atoms with Crippen LogP contribution in [0, 0.1) is 78.6 Å². The summed E-state index contributed by atoms with van der Waals surface area (Å²) >= 11 is 19.6. The third-order valence-corrected chi connectivity index (χ3v) is 18.8. The van der Waals surface area contributed by atoms with Crippen LogP contribution in [0.15, 0.2) is 174 Å². The van der Waals surface area contributed by atoms with Crippen molar-refractivity contribution in [3.8, 4) is 75.2 Å². The molecule has 0 saturated carbocycles. The van der Waals surface area contributed by atoms with Gasteiger partial charge >= 0.3 is 86.9 Å². The number of thiocyanates is 1. The average Bonchev–Trinajstić information content (AvgIpc) is 1.63. The average molecular weight is 1480 g/mol. The van der Waals surface area contributed by atoms with Gasteiger partial charge in [-0.1, -0.05) is 150 Å². The predicted molar refractivity (Wildman–Crippen MR) is 407 cm³/mol. The van der Waals surface area contributed by atoms with Crippen LogP contribution in [0.4, 0.5) is 0 Å². The molecule has 0 amide bonds. The van der Waals surface area contributed by atoms with Crippen LogP contribution in [0.1, 0.15) is 131 Å². The van der Waals surface area contributed by atoms with E-state index in [1.807, 2.05) is 159 Å². The zero-order chi connectivity index (χ0) is 71.1. The van der Waals surface area contributed by atoms with E-state index in [9.17, 15) is 15.3 Å². The van der Waals surface area contributed by atoms with E-state index in [1.54, 1.807) is 60.4 Å². The van der Waals surface area contributed by atoms with E-state index in [0.29, 0.717) is 45.7 Å². The van der Waals surface area contributed by atoms with Crippen LogP contribution in [-0.4, -0.2) is 73.9 Å². The molecule has 2 aliphatic rings. The Morgan fingerprint density at radius 2 is 0.890 bits per heavy atom. The molecule has 9 aromatic rings. The Balaban J connectivity index is 0.00000124. The number of halogens is 1. The summed E-state index contributed by atoms with van der Waals surface area (Å²) < 4.78 is 5.31. The van der Waals surface area contributed by atoms with E-state index in [1.165, 1.54) is 18.1 Å². The summed E-state index contributed by atoms with van der Waals surface area (Å²) in [4.78, 5) is 25.9. The summed E-state index contributed by atoms with van der Waals surface area (Å²) in [5, 5.41) is 76.3. The number of carboxylic acid groups (broad SMARTS) is 1. The Morgan fingerprint density at radius 1 is 0.590 bits per heavy atom. The molecule has 2 saturated heterocycles. The number of thioether (sulfide) groups is 3. The molecule has 6 aromatic carbocycles. The SMILES string of the molecule is CC#N.CC(C)(CCC#N)Sc1ccncc1-c1ccc(C#N)c2ccccc12.CC(C)(CCC(=O)O)Sc1ccncc1-c1ccc(C#N)c2ccccc12.CC(C)(S)CCC#N.CC1(C)CO1.CC1(C)CS1.N#C[S-].N#Cc1ccc(-c2cnccc2Cl)c2ccccc12.O.[K+].[Na+].[OH-]. The van der Waals surface area contributed by atoms with E-state index in [4.69, 9.17) is 47.8 Å². The van der Waals surface area contributed by atoms with E-state index < -0.39 is 5.97 Å². The third kappa shape index (κ3) is 32.5. The normalized spacial score (nSPS) is 11.9. The molecule has 0 radical (unpaired) electrons.